The molecule has 0 spiro atoms. The van der Waals surface area contributed by atoms with Crippen molar-refractivity contribution in [3.05, 3.63) is 23.8 Å². The van der Waals surface area contributed by atoms with Gasteiger partial charge in [-0.3, -0.25) is 0 Å². The van der Waals surface area contributed by atoms with Crippen molar-refractivity contribution in [3.8, 4) is 11.5 Å². The number of nitrogens with zero attached hydrogens (tertiary/aromatic N) is 1. The van der Waals surface area contributed by atoms with E-state index in [4.69, 9.17) is 4.74 Å². The maximum atomic E-state index is 9.81. The second kappa shape index (κ2) is 6.17. The van der Waals surface area contributed by atoms with Crippen LogP contribution in [0.5, 0.6) is 11.5 Å². The zero-order chi connectivity index (χ0) is 11.1. The second-order valence-electron chi connectivity index (χ2n) is 2.92. The Balaban J connectivity index is 2.79. The summed E-state index contributed by atoms with van der Waals surface area (Å²) in [5.41, 5.74) is 0.815. The van der Waals surface area contributed by atoms with Gasteiger partial charge in [0, 0.05) is 0 Å². The molecule has 0 bridgehead atoms. The Morgan fingerprint density at radius 2 is 2.33 bits per heavy atom. The smallest absolute Gasteiger partial charge is 0.161 e. The Morgan fingerprint density at radius 1 is 1.53 bits per heavy atom. The molecule has 0 aliphatic rings. The van der Waals surface area contributed by atoms with E-state index in [1.165, 1.54) is 0 Å². The maximum Gasteiger partial charge on any atom is 0.161 e. The fourth-order valence-electron chi connectivity index (χ4n) is 1.26. The predicted molar refractivity (Wildman–Crippen MR) is 62.9 cm³/mol. The molecular formula is C11H13NO2S. The summed E-state index contributed by atoms with van der Waals surface area (Å²) in [5.74, 6) is 0.709. The highest BCUT2D eigenvalue weighted by atomic mass is 32.1. The van der Waals surface area contributed by atoms with E-state index < -0.39 is 0 Å². The van der Waals surface area contributed by atoms with Crippen LogP contribution in [-0.2, 0) is 6.42 Å². The Hall–Kier alpha value is -1.38. The van der Waals surface area contributed by atoms with Gasteiger partial charge in [0.1, 0.15) is 0 Å². The molecule has 0 amide bonds. The van der Waals surface area contributed by atoms with Crippen LogP contribution in [0.4, 0.5) is 0 Å². The molecule has 80 valence electrons. The van der Waals surface area contributed by atoms with Crippen molar-refractivity contribution in [2.24, 2.45) is 4.99 Å². The van der Waals surface area contributed by atoms with Crippen LogP contribution in [0, 0.1) is 0 Å². The topological polar surface area (TPSA) is 41.8 Å². The predicted octanol–water partition coefficient (Wildman–Crippen LogP) is 2.44. The summed E-state index contributed by atoms with van der Waals surface area (Å²) in [4.78, 5) is 3.80. The molecule has 1 N–H and O–H groups in total. The van der Waals surface area contributed by atoms with Crippen molar-refractivity contribution in [2.45, 2.75) is 13.3 Å². The number of aromatic hydroxyl groups is 1. The summed E-state index contributed by atoms with van der Waals surface area (Å²) in [5, 5.41) is 12.1. The molecule has 3 nitrogen and oxygen atoms in total. The minimum absolute atomic E-state index is 0.193. The summed E-state index contributed by atoms with van der Waals surface area (Å²) in [7, 11) is 0. The van der Waals surface area contributed by atoms with Gasteiger partial charge in [0.05, 0.1) is 18.3 Å². The summed E-state index contributed by atoms with van der Waals surface area (Å²) >= 11 is 4.46. The number of isothiocyanates is 1. The molecule has 0 saturated heterocycles. The number of benzene rings is 1. The lowest BCUT2D eigenvalue weighted by Crippen LogP contribution is -1.95. The molecular weight excluding hydrogens is 210 g/mol. The standard InChI is InChI=1S/C11H13NO2S/c1-2-14-10-5-3-4-9(11(10)13)6-7-12-8-15/h3-5,13H,2,6-7H2,1H3. The van der Waals surface area contributed by atoms with Crippen LogP contribution in [-0.4, -0.2) is 23.4 Å². The Kier molecular flexibility index (Phi) is 4.81. The largest absolute Gasteiger partial charge is 0.504 e. The highest BCUT2D eigenvalue weighted by molar-refractivity contribution is 7.78. The minimum Gasteiger partial charge on any atom is -0.504 e. The van der Waals surface area contributed by atoms with Crippen molar-refractivity contribution in [1.82, 2.24) is 0 Å². The van der Waals surface area contributed by atoms with Crippen molar-refractivity contribution < 1.29 is 9.84 Å². The van der Waals surface area contributed by atoms with Crippen LogP contribution >= 0.6 is 12.2 Å². The summed E-state index contributed by atoms with van der Waals surface area (Å²) in [6, 6.07) is 5.43. The number of para-hydroxylation sites is 1. The van der Waals surface area contributed by atoms with Crippen molar-refractivity contribution in [2.75, 3.05) is 13.2 Å². The molecule has 0 radical (unpaired) electrons. The molecule has 0 aliphatic carbocycles. The molecule has 0 unspecified atom stereocenters. The highest BCUT2D eigenvalue weighted by Crippen LogP contribution is 2.29. The van der Waals surface area contributed by atoms with Crippen molar-refractivity contribution in [1.29, 1.82) is 0 Å². The molecule has 0 atom stereocenters. The lowest BCUT2D eigenvalue weighted by atomic mass is 10.1. The van der Waals surface area contributed by atoms with Crippen LogP contribution in [0.3, 0.4) is 0 Å². The Labute approximate surface area is 94.4 Å². The minimum atomic E-state index is 0.193. The number of rotatable bonds is 5. The molecule has 1 aromatic rings. The third-order valence-corrected chi connectivity index (χ3v) is 2.07. The molecule has 0 heterocycles. The van der Waals surface area contributed by atoms with E-state index in [9.17, 15) is 5.11 Å². The third-order valence-electron chi connectivity index (χ3n) is 1.94. The monoisotopic (exact) mass is 223 g/mol. The van der Waals surface area contributed by atoms with E-state index in [2.05, 4.69) is 22.4 Å². The summed E-state index contributed by atoms with van der Waals surface area (Å²) in [6.45, 7) is 2.95. The van der Waals surface area contributed by atoms with Crippen LogP contribution in [0.2, 0.25) is 0 Å². The summed E-state index contributed by atoms with van der Waals surface area (Å²) in [6.07, 6.45) is 0.635. The fraction of sp³-hybridized carbons (Fsp3) is 0.364. The number of phenols is 1. The van der Waals surface area contributed by atoms with Crippen LogP contribution < -0.4 is 4.74 Å². The van der Waals surface area contributed by atoms with E-state index >= 15 is 0 Å². The molecule has 0 aromatic heterocycles. The van der Waals surface area contributed by atoms with Gasteiger partial charge in [-0.05, 0) is 37.2 Å². The number of thiocarbonyl (C=S) groups is 1. The molecule has 0 fully saturated rings. The van der Waals surface area contributed by atoms with Gasteiger partial charge in [0.25, 0.3) is 0 Å². The van der Waals surface area contributed by atoms with E-state index in [1.807, 2.05) is 19.1 Å². The zero-order valence-electron chi connectivity index (χ0n) is 8.56. The van der Waals surface area contributed by atoms with Crippen molar-refractivity contribution in [3.63, 3.8) is 0 Å². The molecule has 15 heavy (non-hydrogen) atoms. The van der Waals surface area contributed by atoms with Gasteiger partial charge in [0.15, 0.2) is 11.5 Å². The van der Waals surface area contributed by atoms with Gasteiger partial charge in [0.2, 0.25) is 0 Å². The van der Waals surface area contributed by atoms with Gasteiger partial charge in [-0.15, -0.1) is 0 Å². The average molecular weight is 223 g/mol. The van der Waals surface area contributed by atoms with Crippen LogP contribution in [0.25, 0.3) is 0 Å². The first kappa shape index (κ1) is 11.7. The van der Waals surface area contributed by atoms with E-state index in [0.29, 0.717) is 25.3 Å². The quantitative estimate of drug-likeness (QED) is 0.615. The Morgan fingerprint density at radius 3 is 3.00 bits per heavy atom. The zero-order valence-corrected chi connectivity index (χ0v) is 9.38. The highest BCUT2D eigenvalue weighted by Gasteiger charge is 2.06. The van der Waals surface area contributed by atoms with Gasteiger partial charge in [-0.25, -0.2) is 4.99 Å². The summed E-state index contributed by atoms with van der Waals surface area (Å²) < 4.78 is 5.27. The number of aliphatic imine (C=N–C) groups is 1. The first-order chi connectivity index (χ1) is 7.29. The first-order valence-corrected chi connectivity index (χ1v) is 5.17. The molecule has 1 rings (SSSR count). The van der Waals surface area contributed by atoms with E-state index in [0.717, 1.165) is 5.56 Å². The molecule has 1 aromatic carbocycles. The number of ether oxygens (including phenoxy) is 1. The average Bonchev–Trinajstić information content (AvgIpc) is 2.24. The van der Waals surface area contributed by atoms with E-state index in [-0.39, 0.29) is 5.75 Å². The lowest BCUT2D eigenvalue weighted by Gasteiger charge is -2.08. The van der Waals surface area contributed by atoms with Gasteiger partial charge in [-0.2, -0.15) is 0 Å². The van der Waals surface area contributed by atoms with Crippen molar-refractivity contribution >= 4 is 17.4 Å². The first-order valence-electron chi connectivity index (χ1n) is 4.77. The maximum absolute atomic E-state index is 9.81. The van der Waals surface area contributed by atoms with Crippen LogP contribution in [0.15, 0.2) is 23.2 Å². The normalized spacial score (nSPS) is 9.40. The van der Waals surface area contributed by atoms with Gasteiger partial charge in [-0.1, -0.05) is 12.1 Å². The van der Waals surface area contributed by atoms with E-state index in [1.54, 1.807) is 6.07 Å². The molecule has 4 heteroatoms. The number of phenolic OH excluding ortho intramolecular Hbond substituents is 1. The third kappa shape index (κ3) is 3.35. The lowest BCUT2D eigenvalue weighted by molar-refractivity contribution is 0.316. The number of hydrogen-bond acceptors (Lipinski definition) is 4. The fourth-order valence-corrected chi connectivity index (χ4v) is 1.35. The van der Waals surface area contributed by atoms with Gasteiger partial charge < -0.3 is 9.84 Å². The molecule has 0 saturated carbocycles. The SMILES string of the molecule is CCOc1cccc(CCN=C=S)c1O. The molecule has 0 aliphatic heterocycles. The van der Waals surface area contributed by atoms with Gasteiger partial charge >= 0.3 is 0 Å². The Bertz CT molecular complexity index is 373. The number of hydrogen-bond donors (Lipinski definition) is 1. The van der Waals surface area contributed by atoms with Crippen LogP contribution in [0.1, 0.15) is 12.5 Å². The second-order valence-corrected chi connectivity index (χ2v) is 3.10.